The number of benzene rings is 1. The van der Waals surface area contributed by atoms with E-state index in [0.29, 0.717) is 6.07 Å². The largest absolute Gasteiger partial charge is 0.462 e. The Morgan fingerprint density at radius 1 is 1.50 bits per heavy atom. The summed E-state index contributed by atoms with van der Waals surface area (Å²) in [5, 5.41) is 8.75. The van der Waals surface area contributed by atoms with Crippen molar-refractivity contribution in [1.82, 2.24) is 0 Å². The maximum absolute atomic E-state index is 13.5. The van der Waals surface area contributed by atoms with Crippen molar-refractivity contribution in [3.05, 3.63) is 29.1 Å². The number of rotatable bonds is 4. The van der Waals surface area contributed by atoms with Gasteiger partial charge in [0.1, 0.15) is 23.2 Å². The molecule has 0 saturated carbocycles. The lowest BCUT2D eigenvalue weighted by atomic mass is 10.1. The van der Waals surface area contributed by atoms with Gasteiger partial charge < -0.3 is 9.47 Å². The monoisotopic (exact) mass is 259 g/mol. The van der Waals surface area contributed by atoms with E-state index in [1.165, 1.54) is 13.0 Å². The normalized spacial score (nSPS) is 10.0. The van der Waals surface area contributed by atoms with Gasteiger partial charge in [0, 0.05) is 6.07 Å². The maximum atomic E-state index is 13.5. The van der Waals surface area contributed by atoms with Gasteiger partial charge in [0.2, 0.25) is 0 Å². The highest BCUT2D eigenvalue weighted by molar-refractivity contribution is 5.92. The summed E-state index contributed by atoms with van der Waals surface area (Å²) < 4.78 is 46.0. The van der Waals surface area contributed by atoms with Crippen LogP contribution in [0.3, 0.4) is 0 Å². The summed E-state index contributed by atoms with van der Waals surface area (Å²) in [5.74, 6) is -2.72. The summed E-state index contributed by atoms with van der Waals surface area (Å²) in [7, 11) is 0. The van der Waals surface area contributed by atoms with E-state index in [1.807, 2.05) is 0 Å². The van der Waals surface area contributed by atoms with E-state index in [0.717, 1.165) is 6.07 Å². The van der Waals surface area contributed by atoms with Crippen LogP contribution < -0.4 is 4.74 Å². The van der Waals surface area contributed by atoms with Gasteiger partial charge in [-0.05, 0) is 13.0 Å². The first kappa shape index (κ1) is 13.8. The van der Waals surface area contributed by atoms with Crippen molar-refractivity contribution in [2.75, 3.05) is 6.61 Å². The highest BCUT2D eigenvalue weighted by atomic mass is 19.3. The molecule has 96 valence electrons. The predicted octanol–water partition coefficient (Wildman–Crippen LogP) is 2.48. The molecule has 0 unspecified atom stereocenters. The van der Waals surface area contributed by atoms with Crippen molar-refractivity contribution in [3.63, 3.8) is 0 Å². The topological polar surface area (TPSA) is 59.3 Å². The molecule has 0 saturated heterocycles. The Labute approximate surface area is 101 Å². The second kappa shape index (κ2) is 5.91. The number of hydrogen-bond acceptors (Lipinski definition) is 4. The first-order chi connectivity index (χ1) is 8.49. The molecule has 0 N–H and O–H groups in total. The third kappa shape index (κ3) is 3.13. The summed E-state index contributed by atoms with van der Waals surface area (Å²) >= 11 is 0. The highest BCUT2D eigenvalue weighted by Crippen LogP contribution is 2.23. The minimum atomic E-state index is -3.15. The number of esters is 1. The Hall–Kier alpha value is -2.23. The Morgan fingerprint density at radius 2 is 2.17 bits per heavy atom. The van der Waals surface area contributed by atoms with E-state index < -0.39 is 35.3 Å². The molecule has 0 bridgehead atoms. The van der Waals surface area contributed by atoms with E-state index in [1.54, 1.807) is 0 Å². The molecule has 0 heterocycles. The van der Waals surface area contributed by atoms with Crippen LogP contribution in [0.4, 0.5) is 13.2 Å². The maximum Gasteiger partial charge on any atom is 0.387 e. The van der Waals surface area contributed by atoms with Gasteiger partial charge in [0.05, 0.1) is 12.2 Å². The smallest absolute Gasteiger partial charge is 0.387 e. The van der Waals surface area contributed by atoms with Crippen molar-refractivity contribution in [2.24, 2.45) is 0 Å². The lowest BCUT2D eigenvalue weighted by molar-refractivity contribution is -0.0500. The summed E-state index contributed by atoms with van der Waals surface area (Å²) in [4.78, 5) is 11.4. The Kier molecular flexibility index (Phi) is 4.54. The molecule has 1 rings (SSSR count). The number of nitrogens with zero attached hydrogens (tertiary/aromatic N) is 1. The van der Waals surface area contributed by atoms with Crippen LogP contribution in [-0.2, 0) is 4.74 Å². The number of ether oxygens (including phenoxy) is 2. The van der Waals surface area contributed by atoms with Gasteiger partial charge in [0.25, 0.3) is 0 Å². The zero-order valence-electron chi connectivity index (χ0n) is 9.25. The molecule has 0 amide bonds. The van der Waals surface area contributed by atoms with E-state index in [2.05, 4.69) is 9.47 Å². The summed E-state index contributed by atoms with van der Waals surface area (Å²) in [5.41, 5.74) is -1.02. The fourth-order valence-electron chi connectivity index (χ4n) is 1.25. The molecule has 0 aliphatic carbocycles. The Morgan fingerprint density at radius 3 is 2.67 bits per heavy atom. The molecule has 0 fully saturated rings. The number of nitriles is 1. The molecule has 7 heteroatoms. The summed E-state index contributed by atoms with van der Waals surface area (Å²) in [6, 6.07) is 2.97. The predicted molar refractivity (Wildman–Crippen MR) is 53.7 cm³/mol. The van der Waals surface area contributed by atoms with Crippen LogP contribution in [0.25, 0.3) is 0 Å². The van der Waals surface area contributed by atoms with Crippen molar-refractivity contribution in [3.8, 4) is 11.8 Å². The van der Waals surface area contributed by atoms with Crippen LogP contribution >= 0.6 is 0 Å². The molecule has 1 aromatic carbocycles. The van der Waals surface area contributed by atoms with Gasteiger partial charge in [-0.25, -0.2) is 9.18 Å². The molecular weight excluding hydrogens is 251 g/mol. The SMILES string of the molecule is CCOC(=O)c1c(F)cc(OC(F)F)cc1C#N. The number of hydrogen-bond donors (Lipinski definition) is 0. The van der Waals surface area contributed by atoms with E-state index in [4.69, 9.17) is 5.26 Å². The van der Waals surface area contributed by atoms with Crippen molar-refractivity contribution < 1.29 is 27.4 Å². The number of halogens is 3. The second-order valence-corrected chi connectivity index (χ2v) is 3.04. The molecule has 0 aliphatic rings. The number of carbonyl (C=O) groups is 1. The zero-order valence-corrected chi connectivity index (χ0v) is 9.25. The standard InChI is InChI=1S/C11H8F3NO3/c1-2-17-10(16)9-6(5-15)3-7(4-8(9)12)18-11(13)14/h3-4,11H,2H2,1H3. The molecular formula is C11H8F3NO3. The van der Waals surface area contributed by atoms with Crippen LogP contribution in [0, 0.1) is 17.1 Å². The van der Waals surface area contributed by atoms with Crippen LogP contribution in [0.1, 0.15) is 22.8 Å². The third-order valence-corrected chi connectivity index (χ3v) is 1.89. The van der Waals surface area contributed by atoms with Crippen LogP contribution in [0.15, 0.2) is 12.1 Å². The fourth-order valence-corrected chi connectivity index (χ4v) is 1.25. The quantitative estimate of drug-likeness (QED) is 0.779. The van der Waals surface area contributed by atoms with Crippen LogP contribution in [0.5, 0.6) is 5.75 Å². The van der Waals surface area contributed by atoms with E-state index in [-0.39, 0.29) is 6.61 Å². The molecule has 18 heavy (non-hydrogen) atoms. The molecule has 0 radical (unpaired) electrons. The average molecular weight is 259 g/mol. The van der Waals surface area contributed by atoms with E-state index >= 15 is 0 Å². The molecule has 0 aromatic heterocycles. The van der Waals surface area contributed by atoms with E-state index in [9.17, 15) is 18.0 Å². The minimum Gasteiger partial charge on any atom is -0.462 e. The molecule has 4 nitrogen and oxygen atoms in total. The first-order valence-electron chi connectivity index (χ1n) is 4.85. The van der Waals surface area contributed by atoms with Gasteiger partial charge in [-0.2, -0.15) is 14.0 Å². The molecule has 1 aromatic rings. The fraction of sp³-hybridized carbons (Fsp3) is 0.273. The number of alkyl halides is 2. The van der Waals surface area contributed by atoms with Gasteiger partial charge in [-0.1, -0.05) is 0 Å². The van der Waals surface area contributed by atoms with Gasteiger partial charge >= 0.3 is 12.6 Å². The second-order valence-electron chi connectivity index (χ2n) is 3.04. The number of carbonyl (C=O) groups excluding carboxylic acids is 1. The van der Waals surface area contributed by atoms with Crippen molar-refractivity contribution in [2.45, 2.75) is 13.5 Å². The third-order valence-electron chi connectivity index (χ3n) is 1.89. The molecule has 0 spiro atoms. The lowest BCUT2D eigenvalue weighted by Gasteiger charge is -2.09. The highest BCUT2D eigenvalue weighted by Gasteiger charge is 2.20. The Bertz CT molecular complexity index is 497. The van der Waals surface area contributed by atoms with Gasteiger partial charge in [-0.15, -0.1) is 0 Å². The lowest BCUT2D eigenvalue weighted by Crippen LogP contribution is -2.11. The van der Waals surface area contributed by atoms with Crippen LogP contribution in [-0.4, -0.2) is 19.2 Å². The average Bonchev–Trinajstić information content (AvgIpc) is 2.27. The minimum absolute atomic E-state index is 0.00156. The molecule has 0 atom stereocenters. The van der Waals surface area contributed by atoms with Crippen LogP contribution in [0.2, 0.25) is 0 Å². The van der Waals surface area contributed by atoms with Crippen molar-refractivity contribution >= 4 is 5.97 Å². The summed E-state index contributed by atoms with van der Waals surface area (Å²) in [6.45, 7) is -1.64. The first-order valence-corrected chi connectivity index (χ1v) is 4.85. The Balaban J connectivity index is 3.21. The van der Waals surface area contributed by atoms with Gasteiger partial charge in [-0.3, -0.25) is 0 Å². The van der Waals surface area contributed by atoms with Gasteiger partial charge in [0.15, 0.2) is 0 Å². The zero-order chi connectivity index (χ0) is 13.7. The molecule has 0 aliphatic heterocycles. The summed E-state index contributed by atoms with van der Waals surface area (Å²) in [6.07, 6.45) is 0. The van der Waals surface area contributed by atoms with Crippen molar-refractivity contribution in [1.29, 1.82) is 5.26 Å².